The van der Waals surface area contributed by atoms with E-state index in [0.29, 0.717) is 6.42 Å². The van der Waals surface area contributed by atoms with Crippen LogP contribution in [0.1, 0.15) is 82.1 Å². The first-order valence-electron chi connectivity index (χ1n) is 13.0. The zero-order chi connectivity index (χ0) is 26.9. The fourth-order valence-corrected chi connectivity index (χ4v) is 6.03. The van der Waals surface area contributed by atoms with E-state index in [0.717, 1.165) is 12.2 Å². The fraction of sp³-hybridized carbons (Fsp3) is 0.531. The van der Waals surface area contributed by atoms with Gasteiger partial charge in [-0.3, -0.25) is 4.79 Å². The minimum atomic E-state index is -0.657. The molecule has 0 aliphatic heterocycles. The van der Waals surface area contributed by atoms with Crippen LogP contribution in [-0.4, -0.2) is 17.2 Å². The Morgan fingerprint density at radius 1 is 0.833 bits per heavy atom. The summed E-state index contributed by atoms with van der Waals surface area (Å²) in [5, 5.41) is 1.21. The smallest absolute Gasteiger partial charge is 0.310 e. The number of carbonyl (C=O) groups is 1. The molecule has 1 atom stereocenters. The molecule has 3 aromatic rings. The average molecular weight is 509 g/mol. The monoisotopic (exact) mass is 508 g/mol. The summed E-state index contributed by atoms with van der Waals surface area (Å²) < 4.78 is 13.8. The van der Waals surface area contributed by atoms with E-state index >= 15 is 0 Å². The molecule has 0 bridgehead atoms. The third-order valence-corrected chi connectivity index (χ3v) is 7.47. The number of rotatable bonds is 8. The molecule has 2 aromatic carbocycles. The van der Waals surface area contributed by atoms with E-state index < -0.39 is 11.2 Å². The molecular weight excluding hydrogens is 464 g/mol. The molecule has 0 saturated carbocycles. The van der Waals surface area contributed by atoms with Crippen LogP contribution in [0.5, 0.6) is 5.75 Å². The van der Waals surface area contributed by atoms with Crippen molar-refractivity contribution in [3.63, 3.8) is 0 Å². The molecule has 3 nitrogen and oxygen atoms in total. The van der Waals surface area contributed by atoms with Gasteiger partial charge >= 0.3 is 5.97 Å². The predicted molar refractivity (Wildman–Crippen MR) is 154 cm³/mol. The van der Waals surface area contributed by atoms with Gasteiger partial charge in [-0.15, -0.1) is 11.3 Å². The van der Waals surface area contributed by atoms with Gasteiger partial charge in [0, 0.05) is 16.0 Å². The standard InChI is InChI=1S/C32H44O3S/c1-29(2,3)20-25(30(4,5)6)28(33)35-32(9,10)21-31(7,8)34-24-17-16-23-18-26(36-27(23)19-24)22-14-12-11-13-15-22/h11-19,25H,20-21H2,1-10H3. The molecule has 4 heteroatoms. The molecule has 196 valence electrons. The van der Waals surface area contributed by atoms with Crippen molar-refractivity contribution >= 4 is 27.4 Å². The highest BCUT2D eigenvalue weighted by molar-refractivity contribution is 7.22. The SMILES string of the molecule is CC(C)(C)CC(C(=O)OC(C)(C)CC(C)(C)Oc1ccc2cc(-c3ccccc3)sc2c1)C(C)(C)C. The highest BCUT2D eigenvalue weighted by Crippen LogP contribution is 2.39. The summed E-state index contributed by atoms with van der Waals surface area (Å²) in [6.45, 7) is 21.0. The van der Waals surface area contributed by atoms with Crippen molar-refractivity contribution in [1.29, 1.82) is 0 Å². The molecule has 36 heavy (non-hydrogen) atoms. The van der Waals surface area contributed by atoms with Crippen molar-refractivity contribution in [3.05, 3.63) is 54.6 Å². The second-order valence-electron chi connectivity index (χ2n) is 13.6. The van der Waals surface area contributed by atoms with Crippen LogP contribution in [0.4, 0.5) is 0 Å². The summed E-state index contributed by atoms with van der Waals surface area (Å²) in [7, 11) is 0. The lowest BCUT2D eigenvalue weighted by molar-refractivity contribution is -0.170. The Morgan fingerprint density at radius 2 is 1.47 bits per heavy atom. The molecule has 3 rings (SSSR count). The van der Waals surface area contributed by atoms with Crippen LogP contribution in [-0.2, 0) is 9.53 Å². The third kappa shape index (κ3) is 7.83. The summed E-state index contributed by atoms with van der Waals surface area (Å²) >= 11 is 1.77. The summed E-state index contributed by atoms with van der Waals surface area (Å²) in [6, 6.07) is 19.0. The Bertz CT molecular complexity index is 1170. The molecule has 0 aliphatic rings. The number of ether oxygens (including phenoxy) is 2. The Labute approximate surface area is 222 Å². The average Bonchev–Trinajstić information content (AvgIpc) is 3.13. The van der Waals surface area contributed by atoms with Crippen LogP contribution < -0.4 is 4.74 Å². The molecule has 0 amide bonds. The molecule has 1 unspecified atom stereocenters. The number of esters is 1. The van der Waals surface area contributed by atoms with Crippen LogP contribution in [0.2, 0.25) is 0 Å². The van der Waals surface area contributed by atoms with Gasteiger partial charge in [-0.05, 0) is 80.2 Å². The second kappa shape index (κ2) is 10.2. The lowest BCUT2D eigenvalue weighted by Gasteiger charge is -2.39. The molecule has 0 radical (unpaired) electrons. The fourth-order valence-electron chi connectivity index (χ4n) is 4.93. The summed E-state index contributed by atoms with van der Waals surface area (Å²) in [6.07, 6.45) is 1.37. The Morgan fingerprint density at radius 3 is 2.06 bits per heavy atom. The van der Waals surface area contributed by atoms with E-state index in [-0.39, 0.29) is 22.7 Å². The molecule has 1 aromatic heterocycles. The number of hydrogen-bond acceptors (Lipinski definition) is 4. The van der Waals surface area contributed by atoms with Crippen molar-refractivity contribution in [2.45, 2.75) is 93.3 Å². The van der Waals surface area contributed by atoms with Crippen LogP contribution in [0, 0.1) is 16.7 Å². The third-order valence-electron chi connectivity index (χ3n) is 6.32. The largest absolute Gasteiger partial charge is 0.488 e. The Hall–Kier alpha value is -2.33. The molecule has 0 N–H and O–H groups in total. The van der Waals surface area contributed by atoms with Crippen molar-refractivity contribution in [3.8, 4) is 16.2 Å². The molecular formula is C32H44O3S. The molecule has 0 aliphatic carbocycles. The first-order valence-corrected chi connectivity index (χ1v) is 13.8. The maximum Gasteiger partial charge on any atom is 0.310 e. The van der Waals surface area contributed by atoms with Gasteiger partial charge in [0.05, 0.1) is 5.92 Å². The zero-order valence-corrected chi connectivity index (χ0v) is 24.6. The van der Waals surface area contributed by atoms with Gasteiger partial charge in [0.15, 0.2) is 0 Å². The van der Waals surface area contributed by atoms with Crippen LogP contribution in [0.15, 0.2) is 54.6 Å². The lowest BCUT2D eigenvalue weighted by Crippen LogP contribution is -2.43. The van der Waals surface area contributed by atoms with Gasteiger partial charge in [-0.1, -0.05) is 71.9 Å². The van der Waals surface area contributed by atoms with E-state index in [1.807, 2.05) is 26.0 Å². The lowest BCUT2D eigenvalue weighted by atomic mass is 9.72. The number of hydrogen-bond donors (Lipinski definition) is 0. The van der Waals surface area contributed by atoms with Gasteiger partial charge in [0.2, 0.25) is 0 Å². The van der Waals surface area contributed by atoms with E-state index in [1.54, 1.807) is 11.3 Å². The molecule has 1 heterocycles. The van der Waals surface area contributed by atoms with Gasteiger partial charge < -0.3 is 9.47 Å². The van der Waals surface area contributed by atoms with Gasteiger partial charge in [-0.25, -0.2) is 0 Å². The van der Waals surface area contributed by atoms with E-state index in [1.165, 1.54) is 20.5 Å². The van der Waals surface area contributed by atoms with Crippen LogP contribution >= 0.6 is 11.3 Å². The van der Waals surface area contributed by atoms with Crippen LogP contribution in [0.25, 0.3) is 20.5 Å². The number of carbonyl (C=O) groups excluding carboxylic acids is 1. The minimum absolute atomic E-state index is 0.0459. The van der Waals surface area contributed by atoms with Crippen molar-refractivity contribution in [2.75, 3.05) is 0 Å². The van der Waals surface area contributed by atoms with E-state index in [4.69, 9.17) is 9.47 Å². The van der Waals surface area contributed by atoms with E-state index in [9.17, 15) is 4.79 Å². The number of benzene rings is 2. The summed E-state index contributed by atoms with van der Waals surface area (Å²) in [5.74, 6) is 0.545. The van der Waals surface area contributed by atoms with E-state index in [2.05, 4.69) is 97.9 Å². The maximum absolute atomic E-state index is 13.3. The van der Waals surface area contributed by atoms with Crippen molar-refractivity contribution in [1.82, 2.24) is 0 Å². The molecule has 0 fully saturated rings. The molecule has 0 spiro atoms. The Balaban J connectivity index is 1.72. The van der Waals surface area contributed by atoms with Crippen molar-refractivity contribution in [2.24, 2.45) is 16.7 Å². The predicted octanol–water partition coefficient (Wildman–Crippen LogP) is 9.54. The summed E-state index contributed by atoms with van der Waals surface area (Å²) in [4.78, 5) is 14.6. The van der Waals surface area contributed by atoms with Crippen LogP contribution in [0.3, 0.4) is 0 Å². The second-order valence-corrected chi connectivity index (χ2v) is 14.7. The van der Waals surface area contributed by atoms with Gasteiger partial charge in [-0.2, -0.15) is 0 Å². The quantitative estimate of drug-likeness (QED) is 0.284. The first kappa shape index (κ1) is 28.2. The maximum atomic E-state index is 13.3. The van der Waals surface area contributed by atoms with Gasteiger partial charge in [0.25, 0.3) is 0 Å². The minimum Gasteiger partial charge on any atom is -0.488 e. The Kier molecular flexibility index (Phi) is 8.01. The van der Waals surface area contributed by atoms with Gasteiger partial charge in [0.1, 0.15) is 17.0 Å². The number of thiophene rings is 1. The zero-order valence-electron chi connectivity index (χ0n) is 23.8. The number of fused-ring (bicyclic) bond motifs is 1. The molecule has 0 saturated heterocycles. The topological polar surface area (TPSA) is 35.5 Å². The normalized spacial score (nSPS) is 14.1. The first-order chi connectivity index (χ1) is 16.4. The van der Waals surface area contributed by atoms with Crippen molar-refractivity contribution < 1.29 is 14.3 Å². The summed E-state index contributed by atoms with van der Waals surface area (Å²) in [5.41, 5.74) is -0.0655. The highest BCUT2D eigenvalue weighted by Gasteiger charge is 2.40. The highest BCUT2D eigenvalue weighted by atomic mass is 32.1.